The summed E-state index contributed by atoms with van der Waals surface area (Å²) in [6.07, 6.45) is 7.20. The number of hydrogen-bond donors (Lipinski definition) is 2. The molecule has 0 aromatic carbocycles. The molecule has 3 heteroatoms. The Morgan fingerprint density at radius 3 is 2.47 bits per heavy atom. The molecule has 0 spiro atoms. The third-order valence-electron chi connectivity index (χ3n) is 3.05. The molecule has 0 saturated carbocycles. The Morgan fingerprint density at radius 2 is 1.88 bits per heavy atom. The molecule has 3 nitrogen and oxygen atoms in total. The fraction of sp³-hybridized carbons (Fsp3) is 0.929. The van der Waals surface area contributed by atoms with Crippen LogP contribution in [0.3, 0.4) is 0 Å². The second-order valence-corrected chi connectivity index (χ2v) is 5.65. The Bertz CT molecular complexity index is 202. The Morgan fingerprint density at radius 1 is 1.18 bits per heavy atom. The van der Waals surface area contributed by atoms with Crippen LogP contribution in [0.25, 0.3) is 0 Å². The molecule has 0 aliphatic carbocycles. The van der Waals surface area contributed by atoms with E-state index in [1.807, 2.05) is 0 Å². The zero-order valence-corrected chi connectivity index (χ0v) is 11.7. The first-order chi connectivity index (χ1) is 7.98. The highest BCUT2D eigenvalue weighted by Gasteiger charge is 2.16. The summed E-state index contributed by atoms with van der Waals surface area (Å²) in [4.78, 5) is 10.3. The van der Waals surface area contributed by atoms with Crippen molar-refractivity contribution >= 4 is 5.97 Å². The third-order valence-corrected chi connectivity index (χ3v) is 3.05. The number of unbranched alkanes of at least 4 members (excludes halogenated alkanes) is 3. The van der Waals surface area contributed by atoms with Crippen molar-refractivity contribution in [3.8, 4) is 0 Å². The largest absolute Gasteiger partial charge is 0.481 e. The minimum atomic E-state index is -0.690. The molecule has 0 aromatic rings. The molecule has 0 rings (SSSR count). The van der Waals surface area contributed by atoms with Crippen molar-refractivity contribution in [3.63, 3.8) is 0 Å². The van der Waals surface area contributed by atoms with Crippen LogP contribution in [0.1, 0.15) is 65.7 Å². The fourth-order valence-electron chi connectivity index (χ4n) is 1.89. The minimum absolute atomic E-state index is 0.293. The average molecular weight is 243 g/mol. The number of hydrogen-bond acceptors (Lipinski definition) is 2. The van der Waals surface area contributed by atoms with Gasteiger partial charge in [0, 0.05) is 13.0 Å². The van der Waals surface area contributed by atoms with E-state index in [4.69, 9.17) is 5.11 Å². The van der Waals surface area contributed by atoms with Crippen LogP contribution in [0.4, 0.5) is 0 Å². The lowest BCUT2D eigenvalue weighted by Gasteiger charge is -2.25. The first-order valence-electron chi connectivity index (χ1n) is 6.90. The normalized spacial score (nSPS) is 11.7. The number of rotatable bonds is 11. The number of nitrogens with one attached hydrogen (secondary N) is 1. The maximum absolute atomic E-state index is 10.3. The summed E-state index contributed by atoms with van der Waals surface area (Å²) in [5, 5.41) is 11.9. The van der Waals surface area contributed by atoms with Crippen LogP contribution in [0.15, 0.2) is 0 Å². The number of carbonyl (C=O) groups is 1. The molecule has 0 fully saturated rings. The standard InChI is InChI=1S/C14H29NO2/c1-4-5-7-10-14(2,3)12-15-11-8-6-9-13(16)17/h15H,4-12H2,1-3H3,(H,16,17). The molecule has 0 heterocycles. The monoisotopic (exact) mass is 243 g/mol. The van der Waals surface area contributed by atoms with E-state index in [-0.39, 0.29) is 0 Å². The number of aliphatic carboxylic acids is 1. The summed E-state index contributed by atoms with van der Waals surface area (Å²) in [5.74, 6) is -0.690. The van der Waals surface area contributed by atoms with Gasteiger partial charge in [0.15, 0.2) is 0 Å². The van der Waals surface area contributed by atoms with Gasteiger partial charge in [0.25, 0.3) is 0 Å². The molecule has 0 radical (unpaired) electrons. The number of carboxylic acids is 1. The van der Waals surface area contributed by atoms with Crippen molar-refractivity contribution in [1.82, 2.24) is 5.32 Å². The van der Waals surface area contributed by atoms with E-state index in [2.05, 4.69) is 26.1 Å². The predicted molar refractivity (Wildman–Crippen MR) is 72.3 cm³/mol. The van der Waals surface area contributed by atoms with Gasteiger partial charge < -0.3 is 10.4 Å². The first-order valence-corrected chi connectivity index (χ1v) is 6.90. The lowest BCUT2D eigenvalue weighted by molar-refractivity contribution is -0.137. The Kier molecular flexibility index (Phi) is 9.14. The first kappa shape index (κ1) is 16.4. The van der Waals surface area contributed by atoms with Crippen LogP contribution in [-0.2, 0) is 4.79 Å². The molecule has 102 valence electrons. The molecule has 2 N–H and O–H groups in total. The van der Waals surface area contributed by atoms with E-state index in [0.29, 0.717) is 11.8 Å². The van der Waals surface area contributed by atoms with Gasteiger partial charge in [-0.2, -0.15) is 0 Å². The highest BCUT2D eigenvalue weighted by molar-refractivity contribution is 5.66. The maximum atomic E-state index is 10.3. The zero-order chi connectivity index (χ0) is 13.1. The van der Waals surface area contributed by atoms with Gasteiger partial charge in [-0.05, 0) is 31.2 Å². The van der Waals surface area contributed by atoms with Gasteiger partial charge in [0.1, 0.15) is 0 Å². The van der Waals surface area contributed by atoms with Gasteiger partial charge in [-0.15, -0.1) is 0 Å². The lowest BCUT2D eigenvalue weighted by atomic mass is 9.87. The summed E-state index contributed by atoms with van der Waals surface area (Å²) in [6.45, 7) is 8.79. The van der Waals surface area contributed by atoms with Crippen LogP contribution in [-0.4, -0.2) is 24.2 Å². The second kappa shape index (κ2) is 9.46. The lowest BCUT2D eigenvalue weighted by Crippen LogP contribution is -2.30. The molecule has 0 aliphatic rings. The van der Waals surface area contributed by atoms with Crippen molar-refractivity contribution in [2.75, 3.05) is 13.1 Å². The molecule has 0 saturated heterocycles. The van der Waals surface area contributed by atoms with E-state index < -0.39 is 5.97 Å². The molecule has 0 aromatic heterocycles. The topological polar surface area (TPSA) is 49.3 Å². The van der Waals surface area contributed by atoms with Crippen LogP contribution < -0.4 is 5.32 Å². The zero-order valence-electron chi connectivity index (χ0n) is 11.7. The number of carboxylic acid groups (broad SMARTS) is 1. The van der Waals surface area contributed by atoms with Crippen LogP contribution in [0, 0.1) is 5.41 Å². The quantitative estimate of drug-likeness (QED) is 0.547. The summed E-state index contributed by atoms with van der Waals surface area (Å²) >= 11 is 0. The van der Waals surface area contributed by atoms with E-state index >= 15 is 0 Å². The van der Waals surface area contributed by atoms with Crippen LogP contribution in [0.2, 0.25) is 0 Å². The smallest absolute Gasteiger partial charge is 0.303 e. The molecule has 0 aliphatic heterocycles. The molecule has 0 amide bonds. The van der Waals surface area contributed by atoms with Gasteiger partial charge in [-0.1, -0.05) is 40.0 Å². The van der Waals surface area contributed by atoms with Crippen LogP contribution >= 0.6 is 0 Å². The average Bonchev–Trinajstić information content (AvgIpc) is 2.23. The highest BCUT2D eigenvalue weighted by Crippen LogP contribution is 2.22. The minimum Gasteiger partial charge on any atom is -0.481 e. The van der Waals surface area contributed by atoms with E-state index in [1.54, 1.807) is 0 Å². The summed E-state index contributed by atoms with van der Waals surface area (Å²) in [5.41, 5.74) is 0.363. The predicted octanol–water partition coefficient (Wildman–Crippen LogP) is 3.44. The Balaban J connectivity index is 3.41. The second-order valence-electron chi connectivity index (χ2n) is 5.65. The van der Waals surface area contributed by atoms with Gasteiger partial charge in [-0.25, -0.2) is 0 Å². The summed E-state index contributed by atoms with van der Waals surface area (Å²) in [7, 11) is 0. The van der Waals surface area contributed by atoms with E-state index in [1.165, 1.54) is 25.7 Å². The van der Waals surface area contributed by atoms with Crippen molar-refractivity contribution in [3.05, 3.63) is 0 Å². The Labute approximate surface area is 106 Å². The molecule has 17 heavy (non-hydrogen) atoms. The van der Waals surface area contributed by atoms with Crippen molar-refractivity contribution in [2.45, 2.75) is 65.7 Å². The molecular weight excluding hydrogens is 214 g/mol. The third kappa shape index (κ3) is 11.7. The molecule has 0 unspecified atom stereocenters. The van der Waals surface area contributed by atoms with Gasteiger partial charge in [0.2, 0.25) is 0 Å². The molecular formula is C14H29NO2. The molecule has 0 bridgehead atoms. The van der Waals surface area contributed by atoms with Gasteiger partial charge >= 0.3 is 5.97 Å². The molecule has 0 atom stereocenters. The highest BCUT2D eigenvalue weighted by atomic mass is 16.4. The van der Waals surface area contributed by atoms with Gasteiger partial charge in [-0.3, -0.25) is 4.79 Å². The van der Waals surface area contributed by atoms with E-state index in [9.17, 15) is 4.79 Å². The summed E-state index contributed by atoms with van der Waals surface area (Å²) in [6, 6.07) is 0. The van der Waals surface area contributed by atoms with Crippen molar-refractivity contribution < 1.29 is 9.90 Å². The maximum Gasteiger partial charge on any atom is 0.303 e. The van der Waals surface area contributed by atoms with Crippen molar-refractivity contribution in [1.29, 1.82) is 0 Å². The Hall–Kier alpha value is -0.570. The van der Waals surface area contributed by atoms with Crippen LogP contribution in [0.5, 0.6) is 0 Å². The summed E-state index contributed by atoms with van der Waals surface area (Å²) < 4.78 is 0. The fourth-order valence-corrected chi connectivity index (χ4v) is 1.89. The van der Waals surface area contributed by atoms with Crippen molar-refractivity contribution in [2.24, 2.45) is 5.41 Å². The SMILES string of the molecule is CCCCCC(C)(C)CNCCCCC(=O)O. The van der Waals surface area contributed by atoms with Gasteiger partial charge in [0.05, 0.1) is 0 Å². The van der Waals surface area contributed by atoms with E-state index in [0.717, 1.165) is 25.9 Å².